The molecule has 1 unspecified atom stereocenters. The van der Waals surface area contributed by atoms with E-state index in [0.29, 0.717) is 40.7 Å². The minimum Gasteiger partial charge on any atom is -0.468 e. The highest BCUT2D eigenvalue weighted by Gasteiger charge is 2.22. The van der Waals surface area contributed by atoms with Gasteiger partial charge in [-0.3, -0.25) is 10.1 Å². The van der Waals surface area contributed by atoms with Gasteiger partial charge in [0.05, 0.1) is 7.11 Å². The molecule has 1 aromatic heterocycles. The Balaban J connectivity index is 1.40. The molecule has 2 N–H and O–H groups in total. The third-order valence-electron chi connectivity index (χ3n) is 6.25. The Bertz CT molecular complexity index is 1410. The third-order valence-corrected chi connectivity index (χ3v) is 6.60. The maximum absolute atomic E-state index is 12.7. The molecule has 0 fully saturated rings. The fraction of sp³-hybridized carbons (Fsp3) is 0.233. The SMILES string of the molecule is COC(=O)C(Cc1ccccc1)NCc1ccc(-c2onc(C)c2NC(=O)O[C@H](C)c2ccccc2Cl)cc1. The second-order valence-electron chi connectivity index (χ2n) is 9.01. The van der Waals surface area contributed by atoms with Gasteiger partial charge in [0, 0.05) is 22.7 Å². The number of aryl methyl sites for hydroxylation is 1. The first-order valence-corrected chi connectivity index (χ1v) is 12.9. The van der Waals surface area contributed by atoms with E-state index in [1.54, 1.807) is 19.9 Å². The fourth-order valence-electron chi connectivity index (χ4n) is 4.12. The number of carbonyl (C=O) groups excluding carboxylic acids is 2. The lowest BCUT2D eigenvalue weighted by molar-refractivity contribution is -0.143. The first-order valence-electron chi connectivity index (χ1n) is 12.5. The molecule has 0 bridgehead atoms. The van der Waals surface area contributed by atoms with E-state index in [-0.39, 0.29) is 5.97 Å². The van der Waals surface area contributed by atoms with Gasteiger partial charge in [0.15, 0.2) is 5.76 Å². The second-order valence-corrected chi connectivity index (χ2v) is 9.42. The van der Waals surface area contributed by atoms with Gasteiger partial charge in [-0.1, -0.05) is 89.6 Å². The van der Waals surface area contributed by atoms with Gasteiger partial charge in [-0.15, -0.1) is 0 Å². The van der Waals surface area contributed by atoms with Crippen LogP contribution in [0.3, 0.4) is 0 Å². The van der Waals surface area contributed by atoms with Gasteiger partial charge in [0.2, 0.25) is 0 Å². The van der Waals surface area contributed by atoms with E-state index in [4.69, 9.17) is 25.6 Å². The standard InChI is InChI=1S/C30H30ClN3O5/c1-19-27(33-30(36)38-20(2)24-11-7-8-12-25(24)31)28(39-34-19)23-15-13-22(14-16-23)18-32-26(29(35)37-3)17-21-9-5-4-6-10-21/h4-16,20,26,32H,17-18H2,1-3H3,(H,33,36)/t20-,26?/m1/s1. The Morgan fingerprint density at radius 2 is 1.67 bits per heavy atom. The average Bonchev–Trinajstić information content (AvgIpc) is 3.31. The zero-order chi connectivity index (χ0) is 27.8. The third kappa shape index (κ3) is 7.25. The second kappa shape index (κ2) is 13.1. The summed E-state index contributed by atoms with van der Waals surface area (Å²) in [6, 6.07) is 24.0. The van der Waals surface area contributed by atoms with Crippen LogP contribution in [0, 0.1) is 6.92 Å². The Hall–Kier alpha value is -4.14. The monoisotopic (exact) mass is 547 g/mol. The zero-order valence-electron chi connectivity index (χ0n) is 21.9. The van der Waals surface area contributed by atoms with Crippen molar-refractivity contribution in [2.45, 2.75) is 39.0 Å². The highest BCUT2D eigenvalue weighted by atomic mass is 35.5. The number of hydrogen-bond donors (Lipinski definition) is 2. The van der Waals surface area contributed by atoms with Crippen LogP contribution in [-0.2, 0) is 27.2 Å². The van der Waals surface area contributed by atoms with Crippen molar-refractivity contribution in [2.24, 2.45) is 0 Å². The molecule has 9 heteroatoms. The molecule has 4 rings (SSSR count). The summed E-state index contributed by atoms with van der Waals surface area (Å²) in [5.74, 6) is 0.0879. The number of benzene rings is 3. The average molecular weight is 548 g/mol. The van der Waals surface area contributed by atoms with E-state index in [1.165, 1.54) is 7.11 Å². The Morgan fingerprint density at radius 1 is 0.974 bits per heavy atom. The topological polar surface area (TPSA) is 103 Å². The maximum atomic E-state index is 12.7. The first kappa shape index (κ1) is 27.9. The molecule has 3 aromatic carbocycles. The van der Waals surface area contributed by atoms with Crippen LogP contribution in [0.5, 0.6) is 0 Å². The van der Waals surface area contributed by atoms with Crippen molar-refractivity contribution >= 4 is 29.4 Å². The lowest BCUT2D eigenvalue weighted by atomic mass is 10.0. The number of halogens is 1. The van der Waals surface area contributed by atoms with Crippen LogP contribution in [0.1, 0.15) is 35.4 Å². The van der Waals surface area contributed by atoms with Crippen molar-refractivity contribution < 1.29 is 23.6 Å². The summed E-state index contributed by atoms with van der Waals surface area (Å²) >= 11 is 6.22. The molecule has 1 heterocycles. The quantitative estimate of drug-likeness (QED) is 0.219. The van der Waals surface area contributed by atoms with Gasteiger partial charge in [0.1, 0.15) is 23.5 Å². The number of amides is 1. The van der Waals surface area contributed by atoms with Crippen LogP contribution in [0.15, 0.2) is 83.4 Å². The summed E-state index contributed by atoms with van der Waals surface area (Å²) < 4.78 is 16.0. The summed E-state index contributed by atoms with van der Waals surface area (Å²) in [6.07, 6.45) is -0.684. The van der Waals surface area contributed by atoms with Crippen molar-refractivity contribution in [3.05, 3.63) is 106 Å². The molecule has 0 aliphatic rings. The van der Waals surface area contributed by atoms with Crippen LogP contribution >= 0.6 is 11.6 Å². The molecule has 39 heavy (non-hydrogen) atoms. The minimum absolute atomic E-state index is 0.320. The lowest BCUT2D eigenvalue weighted by Crippen LogP contribution is -2.39. The van der Waals surface area contributed by atoms with E-state index in [9.17, 15) is 9.59 Å². The summed E-state index contributed by atoms with van der Waals surface area (Å²) in [5, 5.41) is 10.6. The summed E-state index contributed by atoms with van der Waals surface area (Å²) in [7, 11) is 1.38. The highest BCUT2D eigenvalue weighted by molar-refractivity contribution is 6.31. The largest absolute Gasteiger partial charge is 0.468 e. The summed E-state index contributed by atoms with van der Waals surface area (Å²) in [5.41, 5.74) is 4.36. The van der Waals surface area contributed by atoms with Gasteiger partial charge < -0.3 is 19.3 Å². The number of ether oxygens (including phenoxy) is 2. The van der Waals surface area contributed by atoms with Gasteiger partial charge >= 0.3 is 12.1 Å². The molecule has 0 aliphatic carbocycles. The number of carbonyl (C=O) groups is 2. The van der Waals surface area contributed by atoms with E-state index in [0.717, 1.165) is 16.7 Å². The number of anilines is 1. The number of hydrogen-bond acceptors (Lipinski definition) is 7. The summed E-state index contributed by atoms with van der Waals surface area (Å²) in [6.45, 7) is 3.94. The van der Waals surface area contributed by atoms with Crippen molar-refractivity contribution in [1.29, 1.82) is 0 Å². The molecule has 2 atom stereocenters. The van der Waals surface area contributed by atoms with Crippen LogP contribution in [0.25, 0.3) is 11.3 Å². The maximum Gasteiger partial charge on any atom is 0.412 e. The van der Waals surface area contributed by atoms with Gasteiger partial charge in [-0.2, -0.15) is 0 Å². The van der Waals surface area contributed by atoms with E-state index in [1.807, 2.05) is 72.8 Å². The highest BCUT2D eigenvalue weighted by Crippen LogP contribution is 2.32. The number of nitrogens with zero attached hydrogens (tertiary/aromatic N) is 1. The lowest BCUT2D eigenvalue weighted by Gasteiger charge is -2.17. The Kier molecular flexibility index (Phi) is 9.35. The van der Waals surface area contributed by atoms with Gasteiger partial charge in [-0.25, -0.2) is 4.79 Å². The molecule has 8 nitrogen and oxygen atoms in total. The molecular formula is C30H30ClN3O5. The normalized spacial score (nSPS) is 12.4. The first-order chi connectivity index (χ1) is 18.9. The Morgan fingerprint density at radius 3 is 2.36 bits per heavy atom. The van der Waals surface area contributed by atoms with Crippen LogP contribution in [0.4, 0.5) is 10.5 Å². The van der Waals surface area contributed by atoms with E-state index >= 15 is 0 Å². The zero-order valence-corrected chi connectivity index (χ0v) is 22.7. The number of nitrogens with one attached hydrogen (secondary N) is 2. The van der Waals surface area contributed by atoms with Crippen LogP contribution in [-0.4, -0.2) is 30.4 Å². The predicted molar refractivity (Wildman–Crippen MR) is 149 cm³/mol. The van der Waals surface area contributed by atoms with E-state index in [2.05, 4.69) is 15.8 Å². The molecule has 4 aromatic rings. The fourth-order valence-corrected chi connectivity index (χ4v) is 4.41. The van der Waals surface area contributed by atoms with Gasteiger partial charge in [-0.05, 0) is 37.5 Å². The predicted octanol–water partition coefficient (Wildman–Crippen LogP) is 6.49. The van der Waals surface area contributed by atoms with Crippen molar-refractivity contribution in [2.75, 3.05) is 12.4 Å². The van der Waals surface area contributed by atoms with Crippen molar-refractivity contribution in [3.63, 3.8) is 0 Å². The minimum atomic E-state index is -0.650. The molecule has 1 amide bonds. The molecular weight excluding hydrogens is 518 g/mol. The van der Waals surface area contributed by atoms with Gasteiger partial charge in [0.25, 0.3) is 0 Å². The molecule has 0 aliphatic heterocycles. The molecule has 0 spiro atoms. The molecule has 0 saturated heterocycles. The van der Waals surface area contributed by atoms with E-state index < -0.39 is 18.2 Å². The molecule has 0 radical (unpaired) electrons. The van der Waals surface area contributed by atoms with Crippen LogP contribution in [0.2, 0.25) is 5.02 Å². The number of aromatic nitrogens is 1. The number of esters is 1. The molecule has 0 saturated carbocycles. The summed E-state index contributed by atoms with van der Waals surface area (Å²) in [4.78, 5) is 25.0. The number of methoxy groups -OCH3 is 1. The van der Waals surface area contributed by atoms with Crippen molar-refractivity contribution in [3.8, 4) is 11.3 Å². The number of rotatable bonds is 10. The smallest absolute Gasteiger partial charge is 0.412 e. The van der Waals surface area contributed by atoms with Crippen LogP contribution < -0.4 is 10.6 Å². The Labute approximate surface area is 232 Å². The van der Waals surface area contributed by atoms with Crippen molar-refractivity contribution in [1.82, 2.24) is 10.5 Å². The molecule has 202 valence electrons.